The van der Waals surface area contributed by atoms with Gasteiger partial charge in [0, 0.05) is 5.56 Å². The predicted octanol–water partition coefficient (Wildman–Crippen LogP) is 3.77. The molecule has 0 amide bonds. The number of hydrogen-bond acceptors (Lipinski definition) is 4. The fraction of sp³-hybridized carbons (Fsp3) is 0.278. The van der Waals surface area contributed by atoms with Crippen LogP contribution in [0, 0.1) is 0 Å². The molecule has 2 aromatic rings. The van der Waals surface area contributed by atoms with E-state index < -0.39 is 12.1 Å². The van der Waals surface area contributed by atoms with E-state index in [2.05, 4.69) is 0 Å². The van der Waals surface area contributed by atoms with Crippen molar-refractivity contribution in [3.8, 4) is 11.5 Å². The third-order valence-corrected chi connectivity index (χ3v) is 3.00. The summed E-state index contributed by atoms with van der Waals surface area (Å²) in [6.07, 6.45) is -0.817. The minimum atomic E-state index is -0.817. The van der Waals surface area contributed by atoms with Crippen molar-refractivity contribution in [1.82, 2.24) is 0 Å². The Labute approximate surface area is 130 Å². The van der Waals surface area contributed by atoms with Crippen molar-refractivity contribution in [3.05, 3.63) is 60.2 Å². The number of carbonyl (C=O) groups is 1. The summed E-state index contributed by atoms with van der Waals surface area (Å²) in [6.45, 7) is 4.50. The lowest BCUT2D eigenvalue weighted by atomic mass is 10.1. The normalized spacial score (nSPS) is 11.5. The summed E-state index contributed by atoms with van der Waals surface area (Å²) in [4.78, 5) is 12.2. The molecule has 116 valence electrons. The van der Waals surface area contributed by atoms with E-state index in [1.54, 1.807) is 13.0 Å². The number of ether oxygens (including phenoxy) is 3. The zero-order chi connectivity index (χ0) is 15.8. The molecule has 0 aromatic heterocycles. The molecule has 0 aliphatic rings. The van der Waals surface area contributed by atoms with E-state index in [9.17, 15) is 4.79 Å². The van der Waals surface area contributed by atoms with Gasteiger partial charge in [-0.25, -0.2) is 4.79 Å². The molecular weight excluding hydrogens is 280 g/mol. The number of rotatable bonds is 7. The lowest BCUT2D eigenvalue weighted by Gasteiger charge is -2.19. The molecule has 1 unspecified atom stereocenters. The second kappa shape index (κ2) is 8.08. The van der Waals surface area contributed by atoms with Gasteiger partial charge < -0.3 is 14.2 Å². The van der Waals surface area contributed by atoms with Crippen molar-refractivity contribution in [2.24, 2.45) is 0 Å². The first-order chi connectivity index (χ1) is 10.8. The van der Waals surface area contributed by atoms with Crippen LogP contribution in [0.3, 0.4) is 0 Å². The molecule has 0 N–H and O–H groups in total. The van der Waals surface area contributed by atoms with Gasteiger partial charge in [0.15, 0.2) is 11.5 Å². The van der Waals surface area contributed by atoms with E-state index >= 15 is 0 Å². The number of para-hydroxylation sites is 2. The molecule has 0 aliphatic heterocycles. The number of benzene rings is 2. The maximum absolute atomic E-state index is 12.2. The Bertz CT molecular complexity index is 595. The summed E-state index contributed by atoms with van der Waals surface area (Å²) in [5.74, 6) is 0.710. The standard InChI is InChI=1S/C18H20O4/c1-3-20-15-12-8-9-13-16(15)22-17(18(19)21-4-2)14-10-6-5-7-11-14/h5-13,17H,3-4H2,1-2H3. The average molecular weight is 300 g/mol. The SMILES string of the molecule is CCOC(=O)C(Oc1ccccc1OCC)c1ccccc1. The monoisotopic (exact) mass is 300 g/mol. The first kappa shape index (κ1) is 15.9. The largest absolute Gasteiger partial charge is 0.490 e. The summed E-state index contributed by atoms with van der Waals surface area (Å²) in [5.41, 5.74) is 0.743. The third-order valence-electron chi connectivity index (χ3n) is 3.00. The second-order valence-electron chi connectivity index (χ2n) is 4.54. The topological polar surface area (TPSA) is 44.8 Å². The van der Waals surface area contributed by atoms with Crippen LogP contribution in [0.2, 0.25) is 0 Å². The van der Waals surface area contributed by atoms with E-state index in [1.807, 2.05) is 55.5 Å². The van der Waals surface area contributed by atoms with E-state index in [4.69, 9.17) is 14.2 Å². The maximum Gasteiger partial charge on any atom is 0.352 e. The molecule has 0 heterocycles. The third kappa shape index (κ3) is 4.01. The molecule has 0 saturated heterocycles. The van der Waals surface area contributed by atoms with Crippen LogP contribution in [0.15, 0.2) is 54.6 Å². The lowest BCUT2D eigenvalue weighted by Crippen LogP contribution is -2.21. The summed E-state index contributed by atoms with van der Waals surface area (Å²) >= 11 is 0. The van der Waals surface area contributed by atoms with Crippen molar-refractivity contribution < 1.29 is 19.0 Å². The summed E-state index contributed by atoms with van der Waals surface area (Å²) in [7, 11) is 0. The summed E-state index contributed by atoms with van der Waals surface area (Å²) in [5, 5.41) is 0. The van der Waals surface area contributed by atoms with Gasteiger partial charge in [0.25, 0.3) is 0 Å². The van der Waals surface area contributed by atoms with Gasteiger partial charge in [-0.2, -0.15) is 0 Å². The minimum Gasteiger partial charge on any atom is -0.490 e. The Balaban J connectivity index is 2.29. The van der Waals surface area contributed by atoms with Crippen LogP contribution >= 0.6 is 0 Å². The Morgan fingerprint density at radius 2 is 1.55 bits per heavy atom. The minimum absolute atomic E-state index is 0.304. The van der Waals surface area contributed by atoms with Crippen LogP contribution in [0.4, 0.5) is 0 Å². The van der Waals surface area contributed by atoms with Crippen molar-refractivity contribution in [2.45, 2.75) is 20.0 Å². The number of hydrogen-bond donors (Lipinski definition) is 0. The van der Waals surface area contributed by atoms with Gasteiger partial charge in [-0.3, -0.25) is 0 Å². The molecular formula is C18H20O4. The van der Waals surface area contributed by atoms with Crippen molar-refractivity contribution in [2.75, 3.05) is 13.2 Å². The van der Waals surface area contributed by atoms with Crippen molar-refractivity contribution in [1.29, 1.82) is 0 Å². The molecule has 0 bridgehead atoms. The zero-order valence-corrected chi connectivity index (χ0v) is 12.8. The van der Waals surface area contributed by atoms with Gasteiger partial charge in [-0.05, 0) is 26.0 Å². The first-order valence-electron chi connectivity index (χ1n) is 7.36. The Hall–Kier alpha value is -2.49. The molecule has 4 nitrogen and oxygen atoms in total. The van der Waals surface area contributed by atoms with Gasteiger partial charge in [0.1, 0.15) is 0 Å². The van der Waals surface area contributed by atoms with Gasteiger partial charge in [0.05, 0.1) is 13.2 Å². The van der Waals surface area contributed by atoms with Crippen LogP contribution in [-0.2, 0) is 9.53 Å². The number of carbonyl (C=O) groups excluding carboxylic acids is 1. The molecule has 4 heteroatoms. The molecule has 2 aromatic carbocycles. The fourth-order valence-corrected chi connectivity index (χ4v) is 2.05. The van der Waals surface area contributed by atoms with E-state index in [0.717, 1.165) is 5.56 Å². The molecule has 0 radical (unpaired) electrons. The molecule has 0 fully saturated rings. The summed E-state index contributed by atoms with van der Waals surface area (Å²) < 4.78 is 16.6. The fourth-order valence-electron chi connectivity index (χ4n) is 2.05. The smallest absolute Gasteiger partial charge is 0.352 e. The van der Waals surface area contributed by atoms with Crippen molar-refractivity contribution in [3.63, 3.8) is 0 Å². The van der Waals surface area contributed by atoms with Crippen LogP contribution < -0.4 is 9.47 Å². The second-order valence-corrected chi connectivity index (χ2v) is 4.54. The highest BCUT2D eigenvalue weighted by atomic mass is 16.6. The zero-order valence-electron chi connectivity index (χ0n) is 12.8. The van der Waals surface area contributed by atoms with Gasteiger partial charge in [0.2, 0.25) is 6.10 Å². The molecule has 0 spiro atoms. The maximum atomic E-state index is 12.2. The first-order valence-corrected chi connectivity index (χ1v) is 7.36. The predicted molar refractivity (Wildman–Crippen MR) is 84.1 cm³/mol. The average Bonchev–Trinajstić information content (AvgIpc) is 2.55. The van der Waals surface area contributed by atoms with Gasteiger partial charge in [-0.1, -0.05) is 42.5 Å². The van der Waals surface area contributed by atoms with Crippen LogP contribution in [0.25, 0.3) is 0 Å². The van der Waals surface area contributed by atoms with Gasteiger partial charge in [-0.15, -0.1) is 0 Å². The molecule has 0 aliphatic carbocycles. The van der Waals surface area contributed by atoms with Crippen LogP contribution in [0.5, 0.6) is 11.5 Å². The van der Waals surface area contributed by atoms with Crippen LogP contribution in [-0.4, -0.2) is 19.2 Å². The highest BCUT2D eigenvalue weighted by Crippen LogP contribution is 2.31. The quantitative estimate of drug-likeness (QED) is 0.730. The Morgan fingerprint density at radius 3 is 2.18 bits per heavy atom. The molecule has 22 heavy (non-hydrogen) atoms. The molecule has 2 rings (SSSR count). The van der Waals surface area contributed by atoms with E-state index in [0.29, 0.717) is 24.7 Å². The Morgan fingerprint density at radius 1 is 0.909 bits per heavy atom. The van der Waals surface area contributed by atoms with Crippen molar-refractivity contribution >= 4 is 5.97 Å². The van der Waals surface area contributed by atoms with E-state index in [1.165, 1.54) is 0 Å². The van der Waals surface area contributed by atoms with E-state index in [-0.39, 0.29) is 0 Å². The highest BCUT2D eigenvalue weighted by Gasteiger charge is 2.25. The highest BCUT2D eigenvalue weighted by molar-refractivity contribution is 5.77. The number of esters is 1. The Kier molecular flexibility index (Phi) is 5.83. The molecule has 0 saturated carbocycles. The van der Waals surface area contributed by atoms with Gasteiger partial charge >= 0.3 is 5.97 Å². The lowest BCUT2D eigenvalue weighted by molar-refractivity contribution is -0.151. The van der Waals surface area contributed by atoms with Crippen LogP contribution in [0.1, 0.15) is 25.5 Å². The summed E-state index contributed by atoms with van der Waals surface area (Å²) in [6, 6.07) is 16.6. The molecule has 1 atom stereocenters.